The molecule has 1 aliphatic heterocycles. The van der Waals surface area contributed by atoms with E-state index in [-0.39, 0.29) is 24.0 Å². The fourth-order valence-electron chi connectivity index (χ4n) is 3.05. The Morgan fingerprint density at radius 1 is 1.06 bits per heavy atom. The second-order valence-electron chi connectivity index (χ2n) is 7.04. The van der Waals surface area contributed by atoms with E-state index in [0.717, 1.165) is 41.4 Å². The lowest BCUT2D eigenvalue weighted by molar-refractivity contribution is 0.297. The molecule has 0 aliphatic carbocycles. The number of nitrogens with zero attached hydrogens (tertiary/aromatic N) is 2. The molecule has 1 aromatic heterocycles. The smallest absolute Gasteiger partial charge is 0.226 e. The summed E-state index contributed by atoms with van der Waals surface area (Å²) in [5.74, 6) is 2.77. The lowest BCUT2D eigenvalue weighted by Gasteiger charge is -2.13. The van der Waals surface area contributed by atoms with E-state index >= 15 is 0 Å². The van der Waals surface area contributed by atoms with Gasteiger partial charge >= 0.3 is 0 Å². The van der Waals surface area contributed by atoms with Crippen LogP contribution in [0.5, 0.6) is 11.5 Å². The Bertz CT molecular complexity index is 1020. The summed E-state index contributed by atoms with van der Waals surface area (Å²) in [6.45, 7) is 6.54. The number of anilines is 1. The highest BCUT2D eigenvalue weighted by Gasteiger charge is 2.12. The summed E-state index contributed by atoms with van der Waals surface area (Å²) >= 11 is 0. The Labute approximate surface area is 199 Å². The molecule has 0 unspecified atom stereocenters. The Hall–Kier alpha value is -2.75. The van der Waals surface area contributed by atoms with Crippen LogP contribution in [0.25, 0.3) is 11.5 Å². The molecule has 164 valence electrons. The number of rotatable bonds is 5. The zero-order valence-electron chi connectivity index (χ0n) is 17.7. The molecule has 1 aliphatic rings. The van der Waals surface area contributed by atoms with Crippen LogP contribution in [-0.4, -0.2) is 30.7 Å². The van der Waals surface area contributed by atoms with Crippen molar-refractivity contribution in [2.24, 2.45) is 4.99 Å². The molecule has 2 N–H and O–H groups in total. The summed E-state index contributed by atoms with van der Waals surface area (Å²) in [6.07, 6.45) is 2.53. The first kappa shape index (κ1) is 22.9. The van der Waals surface area contributed by atoms with E-state index in [1.54, 1.807) is 6.26 Å². The molecule has 0 saturated heterocycles. The van der Waals surface area contributed by atoms with E-state index in [0.29, 0.717) is 31.6 Å². The van der Waals surface area contributed by atoms with Gasteiger partial charge in [-0.05, 0) is 38.1 Å². The fraction of sp³-hybridized carbons (Fsp3) is 0.304. The van der Waals surface area contributed by atoms with Gasteiger partial charge in [0.25, 0.3) is 0 Å². The standard InChI is InChI=1S/C23H26N4O3.HI/c1-3-24-23(27-18-9-10-20-21(13-18)29-12-4-11-28-20)25-14-19-15-30-22(26-19)17-7-5-16(2)6-8-17;/h5-10,13,15H,3-4,11-12,14H2,1-2H3,(H2,24,25,27);1H. The van der Waals surface area contributed by atoms with Gasteiger partial charge in [-0.1, -0.05) is 17.7 Å². The second-order valence-corrected chi connectivity index (χ2v) is 7.04. The molecule has 2 aromatic carbocycles. The van der Waals surface area contributed by atoms with Gasteiger partial charge < -0.3 is 24.5 Å². The maximum absolute atomic E-state index is 5.76. The number of fused-ring (bicyclic) bond motifs is 1. The molecule has 0 radical (unpaired) electrons. The molecule has 2 heterocycles. The van der Waals surface area contributed by atoms with Crippen molar-refractivity contribution < 1.29 is 13.9 Å². The van der Waals surface area contributed by atoms with Gasteiger partial charge in [0.2, 0.25) is 5.89 Å². The van der Waals surface area contributed by atoms with Gasteiger partial charge in [0, 0.05) is 30.3 Å². The fourth-order valence-corrected chi connectivity index (χ4v) is 3.05. The van der Waals surface area contributed by atoms with Crippen LogP contribution in [0.15, 0.2) is 58.1 Å². The molecule has 0 atom stereocenters. The van der Waals surface area contributed by atoms with E-state index < -0.39 is 0 Å². The highest BCUT2D eigenvalue weighted by Crippen LogP contribution is 2.32. The maximum atomic E-state index is 5.76. The van der Waals surface area contributed by atoms with E-state index in [1.165, 1.54) is 5.56 Å². The van der Waals surface area contributed by atoms with Crippen LogP contribution in [0.4, 0.5) is 5.69 Å². The summed E-state index contributed by atoms with van der Waals surface area (Å²) in [6, 6.07) is 13.9. The number of aliphatic imine (C=N–C) groups is 1. The zero-order valence-corrected chi connectivity index (χ0v) is 20.0. The first-order valence-corrected chi connectivity index (χ1v) is 10.2. The summed E-state index contributed by atoms with van der Waals surface area (Å²) < 4.78 is 17.1. The van der Waals surface area contributed by atoms with Crippen LogP contribution < -0.4 is 20.1 Å². The molecule has 4 rings (SSSR count). The minimum Gasteiger partial charge on any atom is -0.490 e. The van der Waals surface area contributed by atoms with Crippen LogP contribution >= 0.6 is 24.0 Å². The third kappa shape index (κ3) is 6.13. The molecule has 0 bridgehead atoms. The lowest BCUT2D eigenvalue weighted by Crippen LogP contribution is -2.30. The van der Waals surface area contributed by atoms with Gasteiger partial charge in [0.05, 0.1) is 19.8 Å². The lowest BCUT2D eigenvalue weighted by atomic mass is 10.1. The SMILES string of the molecule is CCNC(=NCc1coc(-c2ccc(C)cc2)n1)Nc1ccc2c(c1)OCCCO2.I. The first-order chi connectivity index (χ1) is 14.7. The summed E-state index contributed by atoms with van der Waals surface area (Å²) in [7, 11) is 0. The number of nitrogens with one attached hydrogen (secondary N) is 2. The highest BCUT2D eigenvalue weighted by atomic mass is 127. The van der Waals surface area contributed by atoms with E-state index in [2.05, 4.69) is 27.5 Å². The molecule has 31 heavy (non-hydrogen) atoms. The third-order valence-electron chi connectivity index (χ3n) is 4.60. The molecular weight excluding hydrogens is 507 g/mol. The average molecular weight is 534 g/mol. The number of ether oxygens (including phenoxy) is 2. The number of benzene rings is 2. The molecule has 8 heteroatoms. The molecular formula is C23H27IN4O3. The van der Waals surface area contributed by atoms with Crippen molar-refractivity contribution in [3.63, 3.8) is 0 Å². The summed E-state index contributed by atoms with van der Waals surface area (Å²) in [5.41, 5.74) is 3.79. The van der Waals surface area contributed by atoms with Gasteiger partial charge in [-0.3, -0.25) is 0 Å². The Kier molecular flexibility index (Phi) is 8.16. The van der Waals surface area contributed by atoms with Gasteiger partial charge in [0.15, 0.2) is 17.5 Å². The number of halogens is 1. The predicted molar refractivity (Wildman–Crippen MR) is 133 cm³/mol. The summed E-state index contributed by atoms with van der Waals surface area (Å²) in [5, 5.41) is 6.56. The van der Waals surface area contributed by atoms with E-state index in [1.807, 2.05) is 49.4 Å². The summed E-state index contributed by atoms with van der Waals surface area (Å²) in [4.78, 5) is 9.18. The van der Waals surface area contributed by atoms with Crippen molar-refractivity contribution in [2.75, 3.05) is 25.1 Å². The largest absolute Gasteiger partial charge is 0.490 e. The van der Waals surface area contributed by atoms with Crippen LogP contribution in [-0.2, 0) is 6.54 Å². The Morgan fingerprint density at radius 3 is 2.61 bits per heavy atom. The van der Waals surface area contributed by atoms with Crippen LogP contribution in [0.2, 0.25) is 0 Å². The Morgan fingerprint density at radius 2 is 1.84 bits per heavy atom. The van der Waals surface area contributed by atoms with Crippen molar-refractivity contribution in [3.8, 4) is 23.0 Å². The van der Waals surface area contributed by atoms with Gasteiger partial charge in [-0.25, -0.2) is 9.98 Å². The van der Waals surface area contributed by atoms with Crippen molar-refractivity contribution in [1.29, 1.82) is 0 Å². The minimum atomic E-state index is 0. The minimum absolute atomic E-state index is 0. The third-order valence-corrected chi connectivity index (χ3v) is 4.60. The van der Waals surface area contributed by atoms with Gasteiger partial charge in [0.1, 0.15) is 12.0 Å². The van der Waals surface area contributed by atoms with Crippen molar-refractivity contribution in [2.45, 2.75) is 26.8 Å². The number of oxazole rings is 1. The van der Waals surface area contributed by atoms with Crippen molar-refractivity contribution in [1.82, 2.24) is 10.3 Å². The predicted octanol–water partition coefficient (Wildman–Crippen LogP) is 5.01. The normalized spacial score (nSPS) is 13.2. The quantitative estimate of drug-likeness (QED) is 0.272. The number of hydrogen-bond acceptors (Lipinski definition) is 5. The second kappa shape index (κ2) is 11.0. The number of guanidine groups is 1. The van der Waals surface area contributed by atoms with Gasteiger partial charge in [-0.2, -0.15) is 0 Å². The average Bonchev–Trinajstić information content (AvgIpc) is 3.10. The number of aromatic nitrogens is 1. The zero-order chi connectivity index (χ0) is 20.8. The topological polar surface area (TPSA) is 80.9 Å². The highest BCUT2D eigenvalue weighted by molar-refractivity contribution is 14.0. The van der Waals surface area contributed by atoms with Crippen molar-refractivity contribution in [3.05, 3.63) is 60.0 Å². The van der Waals surface area contributed by atoms with E-state index in [9.17, 15) is 0 Å². The molecule has 0 amide bonds. The van der Waals surface area contributed by atoms with E-state index in [4.69, 9.17) is 13.9 Å². The van der Waals surface area contributed by atoms with Crippen LogP contribution in [0.3, 0.4) is 0 Å². The molecule has 0 fully saturated rings. The van der Waals surface area contributed by atoms with Crippen LogP contribution in [0, 0.1) is 6.92 Å². The molecule has 3 aromatic rings. The first-order valence-electron chi connectivity index (χ1n) is 10.2. The van der Waals surface area contributed by atoms with Gasteiger partial charge in [-0.15, -0.1) is 24.0 Å². The molecule has 0 spiro atoms. The number of aryl methyl sites for hydroxylation is 1. The number of hydrogen-bond donors (Lipinski definition) is 2. The van der Waals surface area contributed by atoms with Crippen LogP contribution in [0.1, 0.15) is 24.6 Å². The molecule has 7 nitrogen and oxygen atoms in total. The maximum Gasteiger partial charge on any atom is 0.226 e. The van der Waals surface area contributed by atoms with Crippen molar-refractivity contribution >= 4 is 35.6 Å². The monoisotopic (exact) mass is 534 g/mol. The molecule has 0 saturated carbocycles. The Balaban J connectivity index is 0.00000272.